The van der Waals surface area contributed by atoms with Crippen LogP contribution in [-0.4, -0.2) is 17.4 Å². The zero-order valence-corrected chi connectivity index (χ0v) is 8.03. The predicted molar refractivity (Wildman–Crippen MR) is 6.44 cm³/mol. The van der Waals surface area contributed by atoms with E-state index in [1.165, 1.54) is 0 Å². The van der Waals surface area contributed by atoms with Crippen LogP contribution in [0.5, 0.6) is 0 Å². The minimum absolute atomic E-state index is 0. The molecule has 0 fully saturated rings. The molecule has 1 radical (unpaired) electrons. The maximum absolute atomic E-state index is 0. The van der Waals surface area contributed by atoms with Crippen molar-refractivity contribution in [1.82, 2.24) is 0 Å². The minimum atomic E-state index is 0. The van der Waals surface area contributed by atoms with Crippen LogP contribution in [0.3, 0.4) is 0 Å². The van der Waals surface area contributed by atoms with Crippen LogP contribution in [0.25, 0.3) is 0 Å². The van der Waals surface area contributed by atoms with Crippen molar-refractivity contribution < 1.29 is 58.4 Å². The Morgan fingerprint density at radius 3 is 1.00 bits per heavy atom. The zero-order valence-electron chi connectivity index (χ0n) is 1.97. The summed E-state index contributed by atoms with van der Waals surface area (Å²) in [7, 11) is 0. The molecule has 0 atom stereocenters. The van der Waals surface area contributed by atoms with Gasteiger partial charge in [-0.25, -0.2) is 0 Å². The smallest absolute Gasteiger partial charge is 2.00 e. The molecule has 0 aliphatic heterocycles. The Hall–Kier alpha value is 2.22. The van der Waals surface area contributed by atoms with Gasteiger partial charge in [-0.05, 0) is 0 Å². The van der Waals surface area contributed by atoms with E-state index in [1.54, 1.807) is 0 Å². The van der Waals surface area contributed by atoms with Gasteiger partial charge in [0, 0.05) is 0 Å². The molecule has 0 aromatic heterocycles. The Kier molecular flexibility index (Phi) is 162. The van der Waals surface area contributed by atoms with E-state index in [0.717, 1.165) is 0 Å². The molecule has 0 amide bonds. The van der Waals surface area contributed by atoms with Gasteiger partial charge in [0.05, 0.1) is 0 Å². The average molecular weight is 234 g/mol. The van der Waals surface area contributed by atoms with Crippen molar-refractivity contribution >= 4 is 17.4 Å². The van der Waals surface area contributed by atoms with Crippen molar-refractivity contribution in [2.75, 3.05) is 0 Å². The van der Waals surface area contributed by atoms with E-state index in [9.17, 15) is 0 Å². The second-order valence-electron chi connectivity index (χ2n) is 0. The van der Waals surface area contributed by atoms with Gasteiger partial charge in [-0.2, -0.15) is 0 Å². The molecule has 0 aromatic rings. The van der Waals surface area contributed by atoms with Crippen molar-refractivity contribution in [3.8, 4) is 0 Å². The fourth-order valence-electron chi connectivity index (χ4n) is 0. The van der Waals surface area contributed by atoms with Crippen LogP contribution < -0.4 is 0 Å². The number of hydrogen-bond acceptors (Lipinski definition) is 0. The maximum Gasteiger partial charge on any atom is 3.00 e. The van der Waals surface area contributed by atoms with Gasteiger partial charge in [0.1, 0.15) is 0 Å². The van der Waals surface area contributed by atoms with Gasteiger partial charge in [0.25, 0.3) is 0 Å². The van der Waals surface area contributed by atoms with Gasteiger partial charge in [-0.3, -0.25) is 0 Å². The van der Waals surface area contributed by atoms with Crippen molar-refractivity contribution in [3.05, 3.63) is 0 Å². The molecule has 0 aromatic carbocycles. The summed E-state index contributed by atoms with van der Waals surface area (Å²) in [6.07, 6.45) is 0. The SMILES string of the molecule is [Al+3].[Cr+3].[La+3].[O-2]. The van der Waals surface area contributed by atoms with Crippen LogP contribution in [0.4, 0.5) is 0 Å². The number of rotatable bonds is 0. The molecule has 0 rings (SSSR count). The van der Waals surface area contributed by atoms with Crippen molar-refractivity contribution in [1.29, 1.82) is 0 Å². The largest absolute Gasteiger partial charge is 3.00 e. The molecule has 11 valence electrons. The molecular weight excluding hydrogens is 234 g/mol. The van der Waals surface area contributed by atoms with Gasteiger partial charge in [-0.1, -0.05) is 0 Å². The van der Waals surface area contributed by atoms with E-state index < -0.39 is 0 Å². The van der Waals surface area contributed by atoms with E-state index in [2.05, 4.69) is 0 Å². The summed E-state index contributed by atoms with van der Waals surface area (Å²) in [5.74, 6) is 0. The van der Waals surface area contributed by atoms with Crippen LogP contribution in [0.15, 0.2) is 0 Å². The molecule has 0 N–H and O–H groups in total. The average Bonchev–Trinajstić information content (AvgIpc) is 0. The van der Waals surface area contributed by atoms with Crippen molar-refractivity contribution in [2.45, 2.75) is 0 Å². The molecule has 0 aliphatic rings. The molecule has 4 heteroatoms. The van der Waals surface area contributed by atoms with Crippen molar-refractivity contribution in [3.63, 3.8) is 0 Å². The van der Waals surface area contributed by atoms with Crippen molar-refractivity contribution in [2.24, 2.45) is 0 Å². The Morgan fingerprint density at radius 1 is 1.00 bits per heavy atom. The predicted octanol–water partition coefficient (Wildman–Crippen LogP) is -0.502. The van der Waals surface area contributed by atoms with Crippen LogP contribution in [0.1, 0.15) is 0 Å². The van der Waals surface area contributed by atoms with Crippen LogP contribution in [0, 0.1) is 35.6 Å². The van der Waals surface area contributed by atoms with E-state index >= 15 is 0 Å². The fourth-order valence-corrected chi connectivity index (χ4v) is 0. The molecule has 0 spiro atoms. The fraction of sp³-hybridized carbons (Fsp3) is 0. The molecule has 0 saturated heterocycles. The normalized spacial score (nSPS) is 0. The Morgan fingerprint density at radius 2 is 1.00 bits per heavy atom. The molecule has 0 saturated carbocycles. The number of hydrogen-bond donors (Lipinski definition) is 0. The molecule has 0 unspecified atom stereocenters. The van der Waals surface area contributed by atoms with E-state index in [0.29, 0.717) is 0 Å². The van der Waals surface area contributed by atoms with Gasteiger partial charge >= 0.3 is 70.3 Å². The summed E-state index contributed by atoms with van der Waals surface area (Å²) in [5.41, 5.74) is 0. The summed E-state index contributed by atoms with van der Waals surface area (Å²) in [5, 5.41) is 0. The van der Waals surface area contributed by atoms with Gasteiger partial charge in [0.15, 0.2) is 0 Å². The molecule has 1 nitrogen and oxygen atoms in total. The first-order valence-corrected chi connectivity index (χ1v) is 0. The topological polar surface area (TPSA) is 28.5 Å². The van der Waals surface area contributed by atoms with E-state index in [-0.39, 0.29) is 75.8 Å². The van der Waals surface area contributed by atoms with Gasteiger partial charge in [0.2, 0.25) is 0 Å². The van der Waals surface area contributed by atoms with Gasteiger partial charge in [-0.15, -0.1) is 0 Å². The molecule has 0 aliphatic carbocycles. The summed E-state index contributed by atoms with van der Waals surface area (Å²) < 4.78 is 0. The van der Waals surface area contributed by atoms with E-state index in [1.807, 2.05) is 0 Å². The quantitative estimate of drug-likeness (QED) is 0.505. The summed E-state index contributed by atoms with van der Waals surface area (Å²) in [6, 6.07) is 0. The van der Waals surface area contributed by atoms with E-state index in [4.69, 9.17) is 0 Å². The van der Waals surface area contributed by atoms with Gasteiger partial charge < -0.3 is 5.48 Å². The molecule has 4 heavy (non-hydrogen) atoms. The van der Waals surface area contributed by atoms with Crippen LogP contribution in [-0.2, 0) is 22.8 Å². The second-order valence-corrected chi connectivity index (χ2v) is 0. The monoisotopic (exact) mass is 234 g/mol. The molecule has 0 heterocycles. The zero-order chi connectivity index (χ0) is 0. The summed E-state index contributed by atoms with van der Waals surface area (Å²) >= 11 is 0. The Labute approximate surface area is 74.7 Å². The second kappa shape index (κ2) is 18.9. The minimum Gasteiger partial charge on any atom is -2.00 e. The molecule has 0 bridgehead atoms. The van der Waals surface area contributed by atoms with Crippen LogP contribution >= 0.6 is 0 Å². The van der Waals surface area contributed by atoms with Crippen LogP contribution in [0.2, 0.25) is 0 Å². The Bertz CT molecular complexity index is 8.00. The Balaban J connectivity index is 0. The molecular formula is AlCrLaO+7. The third-order valence-electron chi connectivity index (χ3n) is 0. The third-order valence-corrected chi connectivity index (χ3v) is 0. The first kappa shape index (κ1) is 34.4. The summed E-state index contributed by atoms with van der Waals surface area (Å²) in [4.78, 5) is 0. The summed E-state index contributed by atoms with van der Waals surface area (Å²) in [6.45, 7) is 0. The maximum atomic E-state index is 0. The standard InChI is InChI=1S/Al.Cr.La.O/q3*+3;-2. The third kappa shape index (κ3) is 8.88. The first-order valence-electron chi connectivity index (χ1n) is 0. The first-order chi connectivity index (χ1) is 0.